The summed E-state index contributed by atoms with van der Waals surface area (Å²) in [7, 11) is 1.65. The van der Waals surface area contributed by atoms with Gasteiger partial charge in [0.1, 0.15) is 11.6 Å². The van der Waals surface area contributed by atoms with Crippen molar-refractivity contribution in [3.63, 3.8) is 0 Å². The van der Waals surface area contributed by atoms with E-state index in [2.05, 4.69) is 15.3 Å². The number of anilines is 2. The highest BCUT2D eigenvalue weighted by atomic mass is 16.5. The summed E-state index contributed by atoms with van der Waals surface area (Å²) in [5.41, 5.74) is 7.54. The Hall–Kier alpha value is -2.30. The van der Waals surface area contributed by atoms with Crippen LogP contribution in [0, 0.1) is 0 Å². The number of benzene rings is 1. The van der Waals surface area contributed by atoms with Crippen molar-refractivity contribution in [2.45, 2.75) is 18.9 Å². The van der Waals surface area contributed by atoms with E-state index in [4.69, 9.17) is 10.5 Å². The SMILES string of the molecule is COc1ccccc1-c1cc(N)nc(NC2CC2)n1. The summed E-state index contributed by atoms with van der Waals surface area (Å²) in [6.45, 7) is 0. The van der Waals surface area contributed by atoms with Gasteiger partial charge >= 0.3 is 0 Å². The summed E-state index contributed by atoms with van der Waals surface area (Å²) in [6.07, 6.45) is 2.34. The number of aromatic nitrogens is 2. The predicted molar refractivity (Wildman–Crippen MR) is 75.1 cm³/mol. The van der Waals surface area contributed by atoms with Crippen LogP contribution in [-0.2, 0) is 0 Å². The van der Waals surface area contributed by atoms with E-state index in [1.54, 1.807) is 13.2 Å². The number of nitrogens with zero attached hydrogens (tertiary/aromatic N) is 2. The molecule has 1 aliphatic rings. The third-order valence-electron chi connectivity index (χ3n) is 3.04. The molecule has 1 aromatic carbocycles. The van der Waals surface area contributed by atoms with Crippen LogP contribution in [0.15, 0.2) is 30.3 Å². The van der Waals surface area contributed by atoms with Crippen molar-refractivity contribution < 1.29 is 4.74 Å². The van der Waals surface area contributed by atoms with Gasteiger partial charge in [-0.3, -0.25) is 0 Å². The molecular formula is C14H16N4O. The fourth-order valence-corrected chi connectivity index (χ4v) is 1.94. The van der Waals surface area contributed by atoms with Crippen molar-refractivity contribution >= 4 is 11.8 Å². The summed E-state index contributed by atoms with van der Waals surface area (Å²) < 4.78 is 5.35. The minimum atomic E-state index is 0.457. The molecule has 5 nitrogen and oxygen atoms in total. The van der Waals surface area contributed by atoms with E-state index in [-0.39, 0.29) is 0 Å². The molecule has 1 aromatic heterocycles. The van der Waals surface area contributed by atoms with Gasteiger partial charge in [-0.15, -0.1) is 0 Å². The first-order valence-electron chi connectivity index (χ1n) is 6.31. The molecule has 1 saturated carbocycles. The summed E-state index contributed by atoms with van der Waals surface area (Å²) in [5, 5.41) is 3.26. The van der Waals surface area contributed by atoms with Crippen molar-refractivity contribution in [2.75, 3.05) is 18.2 Å². The fraction of sp³-hybridized carbons (Fsp3) is 0.286. The quantitative estimate of drug-likeness (QED) is 0.878. The molecule has 0 aliphatic heterocycles. The van der Waals surface area contributed by atoms with E-state index < -0.39 is 0 Å². The molecule has 3 N–H and O–H groups in total. The standard InChI is InChI=1S/C14H16N4O/c1-19-12-5-3-2-4-10(12)11-8-13(15)18-14(17-11)16-9-6-7-9/h2-5,8-9H,6-7H2,1H3,(H3,15,16,17,18). The van der Waals surface area contributed by atoms with Crippen LogP contribution in [-0.4, -0.2) is 23.1 Å². The number of nitrogens with one attached hydrogen (secondary N) is 1. The van der Waals surface area contributed by atoms with Crippen LogP contribution in [0.3, 0.4) is 0 Å². The lowest BCUT2D eigenvalue weighted by Crippen LogP contribution is -2.07. The highest BCUT2D eigenvalue weighted by molar-refractivity contribution is 5.70. The van der Waals surface area contributed by atoms with Crippen LogP contribution < -0.4 is 15.8 Å². The minimum Gasteiger partial charge on any atom is -0.496 e. The van der Waals surface area contributed by atoms with Crippen LogP contribution in [0.4, 0.5) is 11.8 Å². The molecule has 3 rings (SSSR count). The van der Waals surface area contributed by atoms with Crippen LogP contribution in [0.5, 0.6) is 5.75 Å². The van der Waals surface area contributed by atoms with Crippen molar-refractivity contribution in [1.29, 1.82) is 0 Å². The maximum atomic E-state index is 5.85. The Morgan fingerprint density at radius 1 is 1.26 bits per heavy atom. The maximum absolute atomic E-state index is 5.85. The van der Waals surface area contributed by atoms with Gasteiger partial charge in [0.05, 0.1) is 12.8 Å². The van der Waals surface area contributed by atoms with Gasteiger partial charge in [-0.2, -0.15) is 4.98 Å². The van der Waals surface area contributed by atoms with Gasteiger partial charge in [0, 0.05) is 17.7 Å². The maximum Gasteiger partial charge on any atom is 0.225 e. The third-order valence-corrected chi connectivity index (χ3v) is 3.04. The van der Waals surface area contributed by atoms with Crippen molar-refractivity contribution in [1.82, 2.24) is 9.97 Å². The van der Waals surface area contributed by atoms with Crippen LogP contribution in [0.1, 0.15) is 12.8 Å². The third kappa shape index (κ3) is 2.59. The van der Waals surface area contributed by atoms with Crippen molar-refractivity contribution in [3.8, 4) is 17.0 Å². The molecule has 1 fully saturated rings. The molecule has 0 bridgehead atoms. The molecule has 0 spiro atoms. The second-order valence-corrected chi connectivity index (χ2v) is 4.62. The average molecular weight is 256 g/mol. The van der Waals surface area contributed by atoms with E-state index in [0.717, 1.165) is 17.0 Å². The van der Waals surface area contributed by atoms with E-state index in [1.165, 1.54) is 12.8 Å². The highest BCUT2D eigenvalue weighted by Gasteiger charge is 2.22. The number of hydrogen-bond donors (Lipinski definition) is 2. The Balaban J connectivity index is 2.00. The molecule has 5 heteroatoms. The van der Waals surface area contributed by atoms with Gasteiger partial charge in [0.2, 0.25) is 5.95 Å². The first-order chi connectivity index (χ1) is 9.26. The molecule has 0 saturated heterocycles. The minimum absolute atomic E-state index is 0.457. The van der Waals surface area contributed by atoms with Gasteiger partial charge in [-0.1, -0.05) is 12.1 Å². The lowest BCUT2D eigenvalue weighted by molar-refractivity contribution is 0.416. The second-order valence-electron chi connectivity index (χ2n) is 4.62. The zero-order valence-corrected chi connectivity index (χ0v) is 10.8. The number of ether oxygens (including phenoxy) is 1. The smallest absolute Gasteiger partial charge is 0.225 e. The zero-order valence-electron chi connectivity index (χ0n) is 10.8. The molecule has 19 heavy (non-hydrogen) atoms. The monoisotopic (exact) mass is 256 g/mol. The van der Waals surface area contributed by atoms with Gasteiger partial charge in [0.25, 0.3) is 0 Å². The summed E-state index contributed by atoms with van der Waals surface area (Å²) in [5.74, 6) is 1.82. The normalized spacial score (nSPS) is 14.2. The summed E-state index contributed by atoms with van der Waals surface area (Å²) >= 11 is 0. The number of nitrogen functional groups attached to an aromatic ring is 1. The number of para-hydroxylation sites is 1. The molecule has 0 amide bonds. The zero-order chi connectivity index (χ0) is 13.2. The Morgan fingerprint density at radius 3 is 2.79 bits per heavy atom. The van der Waals surface area contributed by atoms with Gasteiger partial charge in [-0.05, 0) is 25.0 Å². The molecule has 0 unspecified atom stereocenters. The molecule has 2 aromatic rings. The first kappa shape index (κ1) is 11.8. The molecule has 1 aliphatic carbocycles. The van der Waals surface area contributed by atoms with E-state index in [1.807, 2.05) is 24.3 Å². The average Bonchev–Trinajstić information content (AvgIpc) is 3.22. The summed E-state index contributed by atoms with van der Waals surface area (Å²) in [4.78, 5) is 8.72. The predicted octanol–water partition coefficient (Wildman–Crippen LogP) is 2.31. The van der Waals surface area contributed by atoms with Crippen molar-refractivity contribution in [3.05, 3.63) is 30.3 Å². The first-order valence-corrected chi connectivity index (χ1v) is 6.31. The molecule has 1 heterocycles. The highest BCUT2D eigenvalue weighted by Crippen LogP contribution is 2.30. The van der Waals surface area contributed by atoms with Gasteiger partial charge in [-0.25, -0.2) is 4.98 Å². The lowest BCUT2D eigenvalue weighted by Gasteiger charge is -2.10. The Bertz CT molecular complexity index is 596. The molecule has 0 atom stereocenters. The molecule has 0 radical (unpaired) electrons. The number of hydrogen-bond acceptors (Lipinski definition) is 5. The Morgan fingerprint density at radius 2 is 2.05 bits per heavy atom. The van der Waals surface area contributed by atoms with Gasteiger partial charge < -0.3 is 15.8 Å². The number of methoxy groups -OCH3 is 1. The Kier molecular flexibility index (Phi) is 2.95. The Labute approximate surface area is 111 Å². The van der Waals surface area contributed by atoms with Crippen LogP contribution >= 0.6 is 0 Å². The lowest BCUT2D eigenvalue weighted by atomic mass is 10.1. The number of rotatable bonds is 4. The second kappa shape index (κ2) is 4.76. The fourth-order valence-electron chi connectivity index (χ4n) is 1.94. The molecular weight excluding hydrogens is 240 g/mol. The summed E-state index contributed by atoms with van der Waals surface area (Å²) in [6, 6.07) is 9.99. The van der Waals surface area contributed by atoms with Gasteiger partial charge in [0.15, 0.2) is 0 Å². The van der Waals surface area contributed by atoms with Crippen LogP contribution in [0.25, 0.3) is 11.3 Å². The van der Waals surface area contributed by atoms with Crippen molar-refractivity contribution in [2.24, 2.45) is 0 Å². The number of nitrogens with two attached hydrogens (primary N) is 1. The largest absolute Gasteiger partial charge is 0.496 e. The van der Waals surface area contributed by atoms with E-state index in [9.17, 15) is 0 Å². The van der Waals surface area contributed by atoms with E-state index >= 15 is 0 Å². The topological polar surface area (TPSA) is 73.1 Å². The van der Waals surface area contributed by atoms with E-state index in [0.29, 0.717) is 17.8 Å². The van der Waals surface area contributed by atoms with Crippen LogP contribution in [0.2, 0.25) is 0 Å². The molecule has 98 valence electrons.